The number of carbonyl (C=O) groups excluding carboxylic acids is 1. The molecule has 8 nitrogen and oxygen atoms in total. The van der Waals surface area contributed by atoms with Crippen LogP contribution in [0.25, 0.3) is 0 Å². The molecule has 0 spiro atoms. The number of nitrogens with one attached hydrogen (secondary N) is 2. The SMILES string of the molecule is N#Cc1nccc(NC2(CNC(=O)c3ccnn3C3CC3(F)F)CC2)n1. The zero-order chi connectivity index (χ0) is 18.4. The molecule has 2 aliphatic rings. The summed E-state index contributed by atoms with van der Waals surface area (Å²) in [6.07, 6.45) is 4.17. The number of anilines is 1. The maximum Gasteiger partial charge on any atom is 0.272 e. The van der Waals surface area contributed by atoms with Crippen molar-refractivity contribution in [1.29, 1.82) is 5.26 Å². The minimum absolute atomic E-state index is 0.0594. The summed E-state index contributed by atoms with van der Waals surface area (Å²) in [5.74, 6) is -2.68. The molecule has 0 bridgehead atoms. The van der Waals surface area contributed by atoms with Crippen LogP contribution < -0.4 is 10.6 Å². The summed E-state index contributed by atoms with van der Waals surface area (Å²) in [5, 5.41) is 18.7. The Kier molecular flexibility index (Phi) is 3.61. The van der Waals surface area contributed by atoms with Crippen molar-refractivity contribution in [2.24, 2.45) is 0 Å². The van der Waals surface area contributed by atoms with Crippen molar-refractivity contribution < 1.29 is 13.6 Å². The zero-order valence-corrected chi connectivity index (χ0v) is 13.6. The molecule has 1 amide bonds. The average molecular weight is 359 g/mol. The second-order valence-electron chi connectivity index (χ2n) is 6.61. The number of halogens is 2. The van der Waals surface area contributed by atoms with Gasteiger partial charge in [-0.15, -0.1) is 0 Å². The van der Waals surface area contributed by atoms with E-state index in [9.17, 15) is 13.6 Å². The lowest BCUT2D eigenvalue weighted by molar-refractivity contribution is 0.0902. The van der Waals surface area contributed by atoms with Crippen LogP contribution in [0.15, 0.2) is 24.5 Å². The molecule has 2 fully saturated rings. The average Bonchev–Trinajstić information content (AvgIpc) is 3.45. The van der Waals surface area contributed by atoms with Crippen molar-refractivity contribution in [1.82, 2.24) is 25.1 Å². The molecule has 4 rings (SSSR count). The molecule has 1 atom stereocenters. The largest absolute Gasteiger partial charge is 0.363 e. The highest BCUT2D eigenvalue weighted by atomic mass is 19.3. The third-order valence-corrected chi connectivity index (χ3v) is 4.58. The van der Waals surface area contributed by atoms with Gasteiger partial charge in [-0.05, 0) is 25.0 Å². The standard InChI is InChI=1S/C16H15F2N7O/c17-16(18)7-11(16)25-10(1-6-22-25)14(26)21-9-15(3-4-15)24-12-2-5-20-13(8-19)23-12/h1-2,5-6,11H,3-4,7,9H2,(H,21,26)(H,20,23,24). The van der Waals surface area contributed by atoms with Gasteiger partial charge in [-0.1, -0.05) is 0 Å². The van der Waals surface area contributed by atoms with Gasteiger partial charge in [0.2, 0.25) is 5.82 Å². The van der Waals surface area contributed by atoms with Gasteiger partial charge in [0.1, 0.15) is 23.6 Å². The fourth-order valence-corrected chi connectivity index (χ4v) is 2.80. The normalized spacial score (nSPS) is 21.5. The van der Waals surface area contributed by atoms with Gasteiger partial charge >= 0.3 is 0 Å². The molecule has 10 heteroatoms. The first-order valence-electron chi connectivity index (χ1n) is 8.13. The summed E-state index contributed by atoms with van der Waals surface area (Å²) in [6, 6.07) is 3.90. The van der Waals surface area contributed by atoms with Gasteiger partial charge in [0.25, 0.3) is 11.8 Å². The van der Waals surface area contributed by atoms with E-state index in [4.69, 9.17) is 5.26 Å². The van der Waals surface area contributed by atoms with Crippen LogP contribution >= 0.6 is 0 Å². The second kappa shape index (κ2) is 5.72. The fourth-order valence-electron chi connectivity index (χ4n) is 2.80. The van der Waals surface area contributed by atoms with Gasteiger partial charge < -0.3 is 10.6 Å². The van der Waals surface area contributed by atoms with Gasteiger partial charge in [0, 0.05) is 25.4 Å². The number of nitrogens with zero attached hydrogens (tertiary/aromatic N) is 5. The number of aromatic nitrogens is 4. The Hall–Kier alpha value is -3.09. The van der Waals surface area contributed by atoms with E-state index in [2.05, 4.69) is 25.7 Å². The third kappa shape index (κ3) is 3.08. The third-order valence-electron chi connectivity index (χ3n) is 4.58. The molecule has 0 aliphatic heterocycles. The highest BCUT2D eigenvalue weighted by Gasteiger charge is 2.59. The molecule has 0 radical (unpaired) electrons. The van der Waals surface area contributed by atoms with Crippen LogP contribution in [-0.4, -0.2) is 43.7 Å². The quantitative estimate of drug-likeness (QED) is 0.809. The molecule has 2 N–H and O–H groups in total. The number of hydrogen-bond acceptors (Lipinski definition) is 6. The lowest BCUT2D eigenvalue weighted by Gasteiger charge is -2.19. The number of nitriles is 1. The van der Waals surface area contributed by atoms with Crippen LogP contribution in [0.2, 0.25) is 0 Å². The van der Waals surface area contributed by atoms with E-state index in [-0.39, 0.29) is 23.5 Å². The van der Waals surface area contributed by atoms with Crippen LogP contribution in [0.1, 0.15) is 41.6 Å². The van der Waals surface area contributed by atoms with Crippen molar-refractivity contribution in [2.45, 2.75) is 36.8 Å². The molecule has 1 unspecified atom stereocenters. The Bertz CT molecular complexity index is 900. The summed E-state index contributed by atoms with van der Waals surface area (Å²) in [7, 11) is 0. The van der Waals surface area contributed by atoms with Crippen molar-refractivity contribution >= 4 is 11.7 Å². The lowest BCUT2D eigenvalue weighted by Crippen LogP contribution is -2.39. The monoisotopic (exact) mass is 359 g/mol. The highest BCUT2D eigenvalue weighted by molar-refractivity contribution is 5.92. The van der Waals surface area contributed by atoms with E-state index < -0.39 is 17.9 Å². The fraction of sp³-hybridized carbons (Fsp3) is 0.438. The van der Waals surface area contributed by atoms with Crippen LogP contribution in [0, 0.1) is 11.3 Å². The molecule has 2 heterocycles. The number of hydrogen-bond donors (Lipinski definition) is 2. The van der Waals surface area contributed by atoms with E-state index in [0.29, 0.717) is 12.4 Å². The molecule has 26 heavy (non-hydrogen) atoms. The second-order valence-corrected chi connectivity index (χ2v) is 6.61. The Morgan fingerprint density at radius 1 is 1.38 bits per heavy atom. The van der Waals surface area contributed by atoms with E-state index >= 15 is 0 Å². The summed E-state index contributed by atoms with van der Waals surface area (Å²) >= 11 is 0. The van der Waals surface area contributed by atoms with E-state index in [1.807, 2.05) is 6.07 Å². The van der Waals surface area contributed by atoms with E-state index in [1.54, 1.807) is 6.07 Å². The van der Waals surface area contributed by atoms with Gasteiger partial charge in [-0.3, -0.25) is 9.48 Å². The molecule has 0 aromatic carbocycles. The Balaban J connectivity index is 1.39. The molecule has 2 saturated carbocycles. The maximum absolute atomic E-state index is 13.3. The topological polar surface area (TPSA) is 109 Å². The van der Waals surface area contributed by atoms with Gasteiger partial charge in [-0.2, -0.15) is 10.4 Å². The number of carbonyl (C=O) groups is 1. The summed E-state index contributed by atoms with van der Waals surface area (Å²) < 4.78 is 27.6. The molecule has 2 aromatic rings. The van der Waals surface area contributed by atoms with Gasteiger partial charge in [0.05, 0.1) is 5.54 Å². The first-order chi connectivity index (χ1) is 12.4. The number of rotatable bonds is 6. The van der Waals surface area contributed by atoms with Gasteiger partial charge in [0.15, 0.2) is 0 Å². The lowest BCUT2D eigenvalue weighted by atomic mass is 10.2. The van der Waals surface area contributed by atoms with Crippen LogP contribution in [0.5, 0.6) is 0 Å². The number of amides is 1. The Labute approximate surface area is 147 Å². The Morgan fingerprint density at radius 3 is 2.81 bits per heavy atom. The number of alkyl halides is 2. The van der Waals surface area contributed by atoms with Crippen molar-refractivity contribution in [3.63, 3.8) is 0 Å². The predicted octanol–water partition coefficient (Wildman–Crippen LogP) is 1.50. The van der Waals surface area contributed by atoms with Crippen LogP contribution in [0.3, 0.4) is 0 Å². The highest BCUT2D eigenvalue weighted by Crippen LogP contribution is 2.52. The minimum Gasteiger partial charge on any atom is -0.363 e. The van der Waals surface area contributed by atoms with E-state index in [0.717, 1.165) is 17.5 Å². The van der Waals surface area contributed by atoms with Crippen molar-refractivity contribution in [2.75, 3.05) is 11.9 Å². The molecule has 2 aliphatic carbocycles. The predicted molar refractivity (Wildman–Crippen MR) is 85.5 cm³/mol. The van der Waals surface area contributed by atoms with E-state index in [1.165, 1.54) is 18.5 Å². The summed E-state index contributed by atoms with van der Waals surface area (Å²) in [5.41, 5.74) is -0.234. The minimum atomic E-state index is -2.80. The molecule has 134 valence electrons. The van der Waals surface area contributed by atoms with Crippen molar-refractivity contribution in [3.8, 4) is 6.07 Å². The Morgan fingerprint density at radius 2 is 2.15 bits per heavy atom. The zero-order valence-electron chi connectivity index (χ0n) is 13.6. The van der Waals surface area contributed by atoms with Gasteiger partial charge in [-0.25, -0.2) is 18.7 Å². The van der Waals surface area contributed by atoms with Crippen LogP contribution in [-0.2, 0) is 0 Å². The molecule has 2 aromatic heterocycles. The first kappa shape index (κ1) is 16.4. The molecular formula is C16H15F2N7O. The molecule has 0 saturated heterocycles. The molecular weight excluding hydrogens is 344 g/mol. The first-order valence-corrected chi connectivity index (χ1v) is 8.13. The van der Waals surface area contributed by atoms with Crippen molar-refractivity contribution in [3.05, 3.63) is 36.0 Å². The summed E-state index contributed by atoms with van der Waals surface area (Å²) in [4.78, 5) is 20.3. The smallest absolute Gasteiger partial charge is 0.272 e. The maximum atomic E-state index is 13.3. The summed E-state index contributed by atoms with van der Waals surface area (Å²) in [6.45, 7) is 0.309. The van der Waals surface area contributed by atoms with Crippen LogP contribution in [0.4, 0.5) is 14.6 Å².